The average Bonchev–Trinajstić information content (AvgIpc) is 2.85. The number of benzene rings is 1. The highest BCUT2D eigenvalue weighted by Gasteiger charge is 2.16. The SMILES string of the molecule is O=C(O)c1cnn2c(-c3cc(Br)ccc3F)ccnc12. The molecule has 3 rings (SSSR count). The molecule has 2 heterocycles. The van der Waals surface area contributed by atoms with Gasteiger partial charge >= 0.3 is 5.97 Å². The Morgan fingerprint density at radius 2 is 2.15 bits per heavy atom. The van der Waals surface area contributed by atoms with Crippen molar-refractivity contribution in [1.82, 2.24) is 14.6 Å². The van der Waals surface area contributed by atoms with E-state index in [0.29, 0.717) is 15.7 Å². The van der Waals surface area contributed by atoms with E-state index >= 15 is 0 Å². The lowest BCUT2D eigenvalue weighted by Gasteiger charge is -2.06. The summed E-state index contributed by atoms with van der Waals surface area (Å²) >= 11 is 3.28. The molecule has 0 amide bonds. The molecule has 0 bridgehead atoms. The van der Waals surface area contributed by atoms with Crippen LogP contribution in [0.25, 0.3) is 16.9 Å². The first-order valence-corrected chi connectivity index (χ1v) is 6.38. The minimum atomic E-state index is -1.13. The van der Waals surface area contributed by atoms with Crippen molar-refractivity contribution < 1.29 is 14.3 Å². The molecule has 0 aliphatic carbocycles. The summed E-state index contributed by atoms with van der Waals surface area (Å²) in [5, 5.41) is 13.0. The van der Waals surface area contributed by atoms with E-state index in [1.165, 1.54) is 23.0 Å². The molecule has 0 fully saturated rings. The molecule has 0 unspecified atom stereocenters. The minimum absolute atomic E-state index is 0.0257. The van der Waals surface area contributed by atoms with Gasteiger partial charge in [-0.25, -0.2) is 18.7 Å². The standard InChI is InChI=1S/C13H7BrFN3O2/c14-7-1-2-10(15)8(5-7)11-3-4-16-12-9(13(19)20)6-17-18(11)12/h1-6H,(H,19,20). The Balaban J connectivity index is 2.32. The van der Waals surface area contributed by atoms with Crippen LogP contribution in [-0.2, 0) is 0 Å². The van der Waals surface area contributed by atoms with Gasteiger partial charge in [-0.2, -0.15) is 5.10 Å². The van der Waals surface area contributed by atoms with E-state index < -0.39 is 11.8 Å². The van der Waals surface area contributed by atoms with Crippen molar-refractivity contribution in [1.29, 1.82) is 0 Å². The van der Waals surface area contributed by atoms with E-state index in [9.17, 15) is 9.18 Å². The smallest absolute Gasteiger partial charge is 0.341 e. The topological polar surface area (TPSA) is 67.5 Å². The lowest BCUT2D eigenvalue weighted by atomic mass is 10.1. The highest BCUT2D eigenvalue weighted by Crippen LogP contribution is 2.26. The van der Waals surface area contributed by atoms with Crippen molar-refractivity contribution in [3.8, 4) is 11.3 Å². The third-order valence-corrected chi connectivity index (χ3v) is 3.33. The predicted molar refractivity (Wildman–Crippen MR) is 73.0 cm³/mol. The first-order valence-electron chi connectivity index (χ1n) is 5.59. The zero-order chi connectivity index (χ0) is 14.3. The van der Waals surface area contributed by atoms with Gasteiger partial charge in [-0.3, -0.25) is 0 Å². The molecule has 0 spiro atoms. The fraction of sp³-hybridized carbons (Fsp3) is 0. The van der Waals surface area contributed by atoms with E-state index in [0.717, 1.165) is 0 Å². The second-order valence-corrected chi connectivity index (χ2v) is 4.97. The van der Waals surface area contributed by atoms with Gasteiger partial charge in [0, 0.05) is 16.2 Å². The van der Waals surface area contributed by atoms with Crippen LogP contribution in [0, 0.1) is 5.82 Å². The van der Waals surface area contributed by atoms with Crippen LogP contribution >= 0.6 is 15.9 Å². The van der Waals surface area contributed by atoms with Crippen LogP contribution < -0.4 is 0 Å². The summed E-state index contributed by atoms with van der Waals surface area (Å²) in [5.41, 5.74) is 0.893. The Kier molecular flexibility index (Phi) is 2.98. The largest absolute Gasteiger partial charge is 0.477 e. The van der Waals surface area contributed by atoms with Crippen molar-refractivity contribution in [3.63, 3.8) is 0 Å². The second kappa shape index (κ2) is 4.68. The number of aromatic nitrogens is 3. The summed E-state index contributed by atoms with van der Waals surface area (Å²) in [4.78, 5) is 15.1. The Labute approximate surface area is 120 Å². The Hall–Kier alpha value is -2.28. The molecule has 0 aliphatic heterocycles. The molecule has 100 valence electrons. The number of nitrogens with zero attached hydrogens (tertiary/aromatic N) is 3. The van der Waals surface area contributed by atoms with Crippen LogP contribution in [0.1, 0.15) is 10.4 Å². The molecule has 0 radical (unpaired) electrons. The number of carboxylic acid groups (broad SMARTS) is 1. The van der Waals surface area contributed by atoms with Gasteiger partial charge in [-0.05, 0) is 24.3 Å². The van der Waals surface area contributed by atoms with Gasteiger partial charge in [0.05, 0.1) is 11.9 Å². The highest BCUT2D eigenvalue weighted by atomic mass is 79.9. The Bertz CT molecular complexity index is 832. The maximum Gasteiger partial charge on any atom is 0.341 e. The lowest BCUT2D eigenvalue weighted by Crippen LogP contribution is -2.00. The molecule has 3 aromatic rings. The normalized spacial score (nSPS) is 10.9. The summed E-state index contributed by atoms with van der Waals surface area (Å²) in [6, 6.07) is 6.10. The molecule has 5 nitrogen and oxygen atoms in total. The van der Waals surface area contributed by atoms with Crippen molar-refractivity contribution in [2.24, 2.45) is 0 Å². The molecule has 0 atom stereocenters. The maximum absolute atomic E-state index is 13.9. The number of aromatic carboxylic acids is 1. The molecule has 0 aliphatic rings. The van der Waals surface area contributed by atoms with Gasteiger partial charge in [0.1, 0.15) is 11.4 Å². The first-order chi connectivity index (χ1) is 9.58. The van der Waals surface area contributed by atoms with E-state index in [2.05, 4.69) is 26.0 Å². The van der Waals surface area contributed by atoms with Crippen LogP contribution in [0.4, 0.5) is 4.39 Å². The van der Waals surface area contributed by atoms with E-state index in [1.54, 1.807) is 18.2 Å². The van der Waals surface area contributed by atoms with Crippen molar-refractivity contribution in [2.45, 2.75) is 0 Å². The van der Waals surface area contributed by atoms with E-state index in [4.69, 9.17) is 5.11 Å². The number of rotatable bonds is 2. The van der Waals surface area contributed by atoms with Crippen LogP contribution in [0.15, 0.2) is 41.1 Å². The molecule has 20 heavy (non-hydrogen) atoms. The molecule has 1 aromatic carbocycles. The lowest BCUT2D eigenvalue weighted by molar-refractivity contribution is 0.0699. The van der Waals surface area contributed by atoms with Crippen molar-refractivity contribution >= 4 is 27.5 Å². The fourth-order valence-electron chi connectivity index (χ4n) is 1.94. The zero-order valence-corrected chi connectivity index (χ0v) is 11.5. The molecular weight excluding hydrogens is 329 g/mol. The molecule has 1 N–H and O–H groups in total. The Morgan fingerprint density at radius 3 is 2.90 bits per heavy atom. The van der Waals surface area contributed by atoms with Gasteiger partial charge < -0.3 is 5.11 Å². The number of halogens is 2. The first kappa shape index (κ1) is 12.7. The summed E-state index contributed by atoms with van der Waals surface area (Å²) in [5.74, 6) is -1.55. The number of carboxylic acids is 1. The summed E-state index contributed by atoms with van der Waals surface area (Å²) < 4.78 is 16.0. The van der Waals surface area contributed by atoms with Crippen LogP contribution in [-0.4, -0.2) is 25.7 Å². The van der Waals surface area contributed by atoms with Gasteiger partial charge in [-0.1, -0.05) is 15.9 Å². The molecule has 7 heteroatoms. The zero-order valence-electron chi connectivity index (χ0n) is 9.92. The predicted octanol–water partition coefficient (Wildman–Crippen LogP) is 3.00. The fourth-order valence-corrected chi connectivity index (χ4v) is 2.30. The average molecular weight is 336 g/mol. The summed E-state index contributed by atoms with van der Waals surface area (Å²) in [6.45, 7) is 0. The monoisotopic (exact) mass is 335 g/mol. The number of hydrogen-bond donors (Lipinski definition) is 1. The second-order valence-electron chi connectivity index (χ2n) is 4.05. The quantitative estimate of drug-likeness (QED) is 0.781. The van der Waals surface area contributed by atoms with Crippen molar-refractivity contribution in [3.05, 3.63) is 52.5 Å². The van der Waals surface area contributed by atoms with E-state index in [-0.39, 0.29) is 11.2 Å². The molecule has 2 aromatic heterocycles. The van der Waals surface area contributed by atoms with Crippen LogP contribution in [0.5, 0.6) is 0 Å². The van der Waals surface area contributed by atoms with E-state index in [1.807, 2.05) is 0 Å². The molecule has 0 saturated carbocycles. The maximum atomic E-state index is 13.9. The summed E-state index contributed by atoms with van der Waals surface area (Å²) in [7, 11) is 0. The summed E-state index contributed by atoms with van der Waals surface area (Å²) in [6.07, 6.45) is 2.63. The molecule has 0 saturated heterocycles. The number of fused-ring (bicyclic) bond motifs is 1. The molecular formula is C13H7BrFN3O2. The number of hydrogen-bond acceptors (Lipinski definition) is 3. The van der Waals surface area contributed by atoms with Gasteiger partial charge in [0.2, 0.25) is 0 Å². The van der Waals surface area contributed by atoms with Crippen LogP contribution in [0.2, 0.25) is 0 Å². The third kappa shape index (κ3) is 1.96. The minimum Gasteiger partial charge on any atom is -0.477 e. The van der Waals surface area contributed by atoms with Crippen LogP contribution in [0.3, 0.4) is 0 Å². The Morgan fingerprint density at radius 1 is 1.35 bits per heavy atom. The van der Waals surface area contributed by atoms with Gasteiger partial charge in [0.25, 0.3) is 0 Å². The number of carbonyl (C=O) groups is 1. The van der Waals surface area contributed by atoms with Gasteiger partial charge in [-0.15, -0.1) is 0 Å². The van der Waals surface area contributed by atoms with Crippen molar-refractivity contribution in [2.75, 3.05) is 0 Å². The van der Waals surface area contributed by atoms with Gasteiger partial charge in [0.15, 0.2) is 5.65 Å². The third-order valence-electron chi connectivity index (χ3n) is 2.84. The highest BCUT2D eigenvalue weighted by molar-refractivity contribution is 9.10.